The smallest absolute Gasteiger partial charge is 0.222 e. The number of anilines is 1. The third kappa shape index (κ3) is 3.32. The molecule has 1 aliphatic heterocycles. The van der Waals surface area contributed by atoms with Crippen LogP contribution in [0.1, 0.15) is 12.8 Å². The van der Waals surface area contributed by atoms with Gasteiger partial charge in [-0.1, -0.05) is 0 Å². The molecule has 1 aliphatic rings. The Balaban J connectivity index is 1.83. The number of alkyl halides is 1. The summed E-state index contributed by atoms with van der Waals surface area (Å²) in [5.41, 5.74) is 0. The van der Waals surface area contributed by atoms with E-state index < -0.39 is 0 Å². The Kier molecular flexibility index (Phi) is 4.75. The SMILES string of the molecule is O=C(CCCCl)N1CCN(c2cnccn2)CC1. The van der Waals surface area contributed by atoms with E-state index in [9.17, 15) is 4.79 Å². The molecule has 1 aromatic heterocycles. The van der Waals surface area contributed by atoms with Gasteiger partial charge in [-0.2, -0.15) is 0 Å². The minimum Gasteiger partial charge on any atom is -0.352 e. The van der Waals surface area contributed by atoms with Crippen molar-refractivity contribution >= 4 is 23.3 Å². The molecule has 2 rings (SSSR count). The van der Waals surface area contributed by atoms with Gasteiger partial charge in [0.1, 0.15) is 5.82 Å². The fourth-order valence-corrected chi connectivity index (χ4v) is 2.15. The van der Waals surface area contributed by atoms with E-state index in [2.05, 4.69) is 14.9 Å². The van der Waals surface area contributed by atoms with Crippen molar-refractivity contribution in [1.29, 1.82) is 0 Å². The Labute approximate surface area is 112 Å². The van der Waals surface area contributed by atoms with Crippen molar-refractivity contribution in [1.82, 2.24) is 14.9 Å². The minimum absolute atomic E-state index is 0.203. The number of halogens is 1. The molecule has 1 aromatic rings. The molecule has 0 atom stereocenters. The predicted molar refractivity (Wildman–Crippen MR) is 70.8 cm³/mol. The average Bonchev–Trinajstić information content (AvgIpc) is 2.46. The highest BCUT2D eigenvalue weighted by Crippen LogP contribution is 2.12. The Morgan fingerprint density at radius 1 is 1.28 bits per heavy atom. The van der Waals surface area contributed by atoms with Crippen LogP contribution in [0.15, 0.2) is 18.6 Å². The molecule has 0 spiro atoms. The van der Waals surface area contributed by atoms with Gasteiger partial charge in [0.15, 0.2) is 0 Å². The maximum Gasteiger partial charge on any atom is 0.222 e. The van der Waals surface area contributed by atoms with E-state index in [1.165, 1.54) is 0 Å². The maximum absolute atomic E-state index is 11.8. The summed E-state index contributed by atoms with van der Waals surface area (Å²) in [6, 6.07) is 0. The van der Waals surface area contributed by atoms with Crippen LogP contribution < -0.4 is 4.90 Å². The van der Waals surface area contributed by atoms with Gasteiger partial charge in [0.2, 0.25) is 5.91 Å². The summed E-state index contributed by atoms with van der Waals surface area (Å²) in [5, 5.41) is 0. The zero-order valence-corrected chi connectivity index (χ0v) is 11.0. The van der Waals surface area contributed by atoms with Crippen molar-refractivity contribution in [2.24, 2.45) is 0 Å². The summed E-state index contributed by atoms with van der Waals surface area (Å²) in [6.07, 6.45) is 6.41. The molecule has 18 heavy (non-hydrogen) atoms. The van der Waals surface area contributed by atoms with Crippen molar-refractivity contribution in [3.63, 3.8) is 0 Å². The van der Waals surface area contributed by atoms with Gasteiger partial charge >= 0.3 is 0 Å². The van der Waals surface area contributed by atoms with Gasteiger partial charge in [-0.25, -0.2) is 4.98 Å². The van der Waals surface area contributed by atoms with Crippen LogP contribution in [-0.4, -0.2) is 52.8 Å². The summed E-state index contributed by atoms with van der Waals surface area (Å²) < 4.78 is 0. The molecule has 5 nitrogen and oxygen atoms in total. The van der Waals surface area contributed by atoms with Gasteiger partial charge in [0, 0.05) is 50.9 Å². The van der Waals surface area contributed by atoms with Crippen LogP contribution in [0.2, 0.25) is 0 Å². The third-order valence-electron chi connectivity index (χ3n) is 3.03. The van der Waals surface area contributed by atoms with Crippen molar-refractivity contribution in [2.75, 3.05) is 37.0 Å². The first kappa shape index (κ1) is 13.1. The summed E-state index contributed by atoms with van der Waals surface area (Å²) in [7, 11) is 0. The second-order valence-corrected chi connectivity index (χ2v) is 4.60. The first-order valence-electron chi connectivity index (χ1n) is 6.16. The van der Waals surface area contributed by atoms with Crippen molar-refractivity contribution in [3.8, 4) is 0 Å². The van der Waals surface area contributed by atoms with Gasteiger partial charge < -0.3 is 9.80 Å². The predicted octanol–water partition coefficient (Wildman–Crippen LogP) is 1.14. The lowest BCUT2D eigenvalue weighted by Gasteiger charge is -2.35. The van der Waals surface area contributed by atoms with Crippen molar-refractivity contribution < 1.29 is 4.79 Å². The average molecular weight is 269 g/mol. The number of nitrogens with zero attached hydrogens (tertiary/aromatic N) is 4. The van der Waals surface area contributed by atoms with Gasteiger partial charge in [-0.05, 0) is 6.42 Å². The van der Waals surface area contributed by atoms with Crippen molar-refractivity contribution in [3.05, 3.63) is 18.6 Å². The number of carbonyl (C=O) groups is 1. The second-order valence-electron chi connectivity index (χ2n) is 4.22. The summed E-state index contributed by atoms with van der Waals surface area (Å²) in [6.45, 7) is 3.12. The van der Waals surface area contributed by atoms with E-state index in [1.807, 2.05) is 4.90 Å². The molecular formula is C12H17ClN4O. The van der Waals surface area contributed by atoms with E-state index in [4.69, 9.17) is 11.6 Å². The number of amides is 1. The molecule has 0 aromatic carbocycles. The molecule has 0 unspecified atom stereocenters. The highest BCUT2D eigenvalue weighted by Gasteiger charge is 2.21. The van der Waals surface area contributed by atoms with Crippen LogP contribution in [0.3, 0.4) is 0 Å². The molecule has 1 amide bonds. The molecule has 0 radical (unpaired) electrons. The number of piperazine rings is 1. The standard InChI is InChI=1S/C12H17ClN4O/c13-3-1-2-12(18)17-8-6-16(7-9-17)11-10-14-4-5-15-11/h4-5,10H,1-3,6-9H2. The molecule has 1 saturated heterocycles. The third-order valence-corrected chi connectivity index (χ3v) is 3.30. The Bertz CT molecular complexity index is 379. The monoisotopic (exact) mass is 268 g/mol. The zero-order chi connectivity index (χ0) is 12.8. The largest absolute Gasteiger partial charge is 0.352 e. The molecule has 0 saturated carbocycles. The molecular weight excluding hydrogens is 252 g/mol. The van der Waals surface area contributed by atoms with Crippen LogP contribution in [0.25, 0.3) is 0 Å². The van der Waals surface area contributed by atoms with E-state index >= 15 is 0 Å². The molecule has 2 heterocycles. The molecule has 0 N–H and O–H groups in total. The highest BCUT2D eigenvalue weighted by molar-refractivity contribution is 6.17. The van der Waals surface area contributed by atoms with Gasteiger partial charge in [-0.3, -0.25) is 9.78 Å². The van der Waals surface area contributed by atoms with E-state index in [1.54, 1.807) is 18.6 Å². The fourth-order valence-electron chi connectivity index (χ4n) is 2.02. The summed E-state index contributed by atoms with van der Waals surface area (Å²) in [5.74, 6) is 1.63. The number of hydrogen-bond acceptors (Lipinski definition) is 4. The number of hydrogen-bond donors (Lipinski definition) is 0. The van der Waals surface area contributed by atoms with E-state index in [-0.39, 0.29) is 5.91 Å². The Morgan fingerprint density at radius 3 is 2.67 bits per heavy atom. The lowest BCUT2D eigenvalue weighted by atomic mass is 10.2. The zero-order valence-electron chi connectivity index (χ0n) is 10.3. The van der Waals surface area contributed by atoms with E-state index in [0.717, 1.165) is 38.4 Å². The molecule has 98 valence electrons. The Hall–Kier alpha value is -1.36. The first-order valence-corrected chi connectivity index (χ1v) is 6.69. The topological polar surface area (TPSA) is 49.3 Å². The number of aromatic nitrogens is 2. The summed E-state index contributed by atoms with van der Waals surface area (Å²) in [4.78, 5) is 24.2. The van der Waals surface area contributed by atoms with Crippen LogP contribution in [0.4, 0.5) is 5.82 Å². The number of rotatable bonds is 4. The van der Waals surface area contributed by atoms with Gasteiger partial charge in [-0.15, -0.1) is 11.6 Å². The van der Waals surface area contributed by atoms with Gasteiger partial charge in [0.25, 0.3) is 0 Å². The second kappa shape index (κ2) is 6.54. The molecule has 6 heteroatoms. The van der Waals surface area contributed by atoms with E-state index in [0.29, 0.717) is 12.3 Å². The van der Waals surface area contributed by atoms with Gasteiger partial charge in [0.05, 0.1) is 6.20 Å². The fraction of sp³-hybridized carbons (Fsp3) is 0.583. The highest BCUT2D eigenvalue weighted by atomic mass is 35.5. The number of carbonyl (C=O) groups excluding carboxylic acids is 1. The Morgan fingerprint density at radius 2 is 2.06 bits per heavy atom. The van der Waals surface area contributed by atoms with Crippen molar-refractivity contribution in [2.45, 2.75) is 12.8 Å². The maximum atomic E-state index is 11.8. The lowest BCUT2D eigenvalue weighted by Crippen LogP contribution is -2.49. The van der Waals surface area contributed by atoms with Crippen LogP contribution in [0.5, 0.6) is 0 Å². The van der Waals surface area contributed by atoms with Crippen LogP contribution >= 0.6 is 11.6 Å². The van der Waals surface area contributed by atoms with Crippen LogP contribution in [-0.2, 0) is 4.79 Å². The molecule has 0 aliphatic carbocycles. The first-order chi connectivity index (χ1) is 8.81. The van der Waals surface area contributed by atoms with Crippen LogP contribution in [0, 0.1) is 0 Å². The normalized spacial score (nSPS) is 15.8. The molecule has 1 fully saturated rings. The quantitative estimate of drug-likeness (QED) is 0.769. The summed E-state index contributed by atoms with van der Waals surface area (Å²) >= 11 is 5.59. The lowest BCUT2D eigenvalue weighted by molar-refractivity contribution is -0.131. The minimum atomic E-state index is 0.203. The molecule has 0 bridgehead atoms.